The van der Waals surface area contributed by atoms with Gasteiger partial charge in [0, 0.05) is 26.1 Å². The summed E-state index contributed by atoms with van der Waals surface area (Å²) in [5.41, 5.74) is 0.354. The summed E-state index contributed by atoms with van der Waals surface area (Å²) in [4.78, 5) is 25.7. The van der Waals surface area contributed by atoms with Crippen LogP contribution in [0.25, 0.3) is 0 Å². The molecule has 2 amide bonds. The summed E-state index contributed by atoms with van der Waals surface area (Å²) in [6.07, 6.45) is 4.67. The van der Waals surface area contributed by atoms with Gasteiger partial charge < -0.3 is 10.2 Å². The third-order valence-electron chi connectivity index (χ3n) is 4.16. The van der Waals surface area contributed by atoms with Crippen LogP contribution in [0.5, 0.6) is 0 Å². The SMILES string of the molecule is CC(C)CC(=O)N1CC(n2cc(C(=O)NCC3CC3)nn2)C1. The molecule has 0 bridgehead atoms. The Hall–Kier alpha value is -1.92. The molecular weight excluding hydrogens is 282 g/mol. The second kappa shape index (κ2) is 6.06. The number of carbonyl (C=O) groups is 2. The summed E-state index contributed by atoms with van der Waals surface area (Å²) >= 11 is 0. The first-order valence-corrected chi connectivity index (χ1v) is 8.00. The summed E-state index contributed by atoms with van der Waals surface area (Å²) in [5.74, 6) is 1.05. The highest BCUT2D eigenvalue weighted by atomic mass is 16.2. The van der Waals surface area contributed by atoms with Crippen molar-refractivity contribution in [2.45, 2.75) is 39.2 Å². The van der Waals surface area contributed by atoms with Gasteiger partial charge in [0.05, 0.1) is 12.2 Å². The number of nitrogens with zero attached hydrogens (tertiary/aromatic N) is 4. The molecule has 2 heterocycles. The van der Waals surface area contributed by atoms with Crippen molar-refractivity contribution in [1.82, 2.24) is 25.2 Å². The molecule has 1 aromatic heterocycles. The topological polar surface area (TPSA) is 80.1 Å². The average Bonchev–Trinajstić information content (AvgIpc) is 3.10. The monoisotopic (exact) mass is 305 g/mol. The van der Waals surface area contributed by atoms with Crippen molar-refractivity contribution in [3.63, 3.8) is 0 Å². The maximum atomic E-state index is 11.9. The smallest absolute Gasteiger partial charge is 0.273 e. The zero-order valence-corrected chi connectivity index (χ0v) is 13.2. The van der Waals surface area contributed by atoms with E-state index in [9.17, 15) is 9.59 Å². The lowest BCUT2D eigenvalue weighted by Gasteiger charge is -2.39. The molecule has 1 aliphatic carbocycles. The first-order valence-electron chi connectivity index (χ1n) is 8.00. The van der Waals surface area contributed by atoms with Crippen LogP contribution in [0.2, 0.25) is 0 Å². The number of hydrogen-bond acceptors (Lipinski definition) is 4. The van der Waals surface area contributed by atoms with Gasteiger partial charge in [0.1, 0.15) is 0 Å². The lowest BCUT2D eigenvalue weighted by molar-refractivity contribution is -0.138. The molecule has 22 heavy (non-hydrogen) atoms. The fourth-order valence-electron chi connectivity index (χ4n) is 2.51. The molecule has 0 aromatic carbocycles. The van der Waals surface area contributed by atoms with Gasteiger partial charge in [-0.1, -0.05) is 19.1 Å². The standard InChI is InChI=1S/C15H23N5O2/c1-10(2)5-14(21)19-7-12(8-19)20-9-13(17-18-20)15(22)16-6-11-3-4-11/h9-12H,3-8H2,1-2H3,(H,16,22). The fraction of sp³-hybridized carbons (Fsp3) is 0.733. The van der Waals surface area contributed by atoms with Gasteiger partial charge in [-0.15, -0.1) is 5.10 Å². The Morgan fingerprint density at radius 2 is 2.09 bits per heavy atom. The second-order valence-corrected chi connectivity index (χ2v) is 6.79. The molecule has 120 valence electrons. The van der Waals surface area contributed by atoms with E-state index in [1.807, 2.05) is 18.7 Å². The number of likely N-dealkylation sites (tertiary alicyclic amines) is 1. The molecule has 0 spiro atoms. The Morgan fingerprint density at radius 3 is 2.73 bits per heavy atom. The minimum Gasteiger partial charge on any atom is -0.350 e. The first kappa shape index (κ1) is 15.0. The molecular formula is C15H23N5O2. The van der Waals surface area contributed by atoms with E-state index in [4.69, 9.17) is 0 Å². The zero-order chi connectivity index (χ0) is 15.7. The summed E-state index contributed by atoms with van der Waals surface area (Å²) < 4.78 is 1.70. The third kappa shape index (κ3) is 3.45. The van der Waals surface area contributed by atoms with E-state index in [0.717, 1.165) is 6.54 Å². The Balaban J connectivity index is 1.48. The van der Waals surface area contributed by atoms with Gasteiger partial charge >= 0.3 is 0 Å². The number of nitrogens with one attached hydrogen (secondary N) is 1. The van der Waals surface area contributed by atoms with Crippen molar-refractivity contribution in [1.29, 1.82) is 0 Å². The number of hydrogen-bond donors (Lipinski definition) is 1. The molecule has 0 atom stereocenters. The Bertz CT molecular complexity index is 558. The van der Waals surface area contributed by atoms with Crippen LogP contribution >= 0.6 is 0 Å². The fourth-order valence-corrected chi connectivity index (χ4v) is 2.51. The van der Waals surface area contributed by atoms with Crippen molar-refractivity contribution in [3.8, 4) is 0 Å². The van der Waals surface area contributed by atoms with Crippen LogP contribution in [0.4, 0.5) is 0 Å². The van der Waals surface area contributed by atoms with Crippen LogP contribution in [0.15, 0.2) is 6.20 Å². The third-order valence-corrected chi connectivity index (χ3v) is 4.16. The van der Waals surface area contributed by atoms with Crippen molar-refractivity contribution >= 4 is 11.8 Å². The van der Waals surface area contributed by atoms with Crippen LogP contribution in [0, 0.1) is 11.8 Å². The molecule has 1 saturated heterocycles. The van der Waals surface area contributed by atoms with E-state index in [2.05, 4.69) is 15.6 Å². The molecule has 7 nitrogen and oxygen atoms in total. The minimum absolute atomic E-state index is 0.133. The quantitative estimate of drug-likeness (QED) is 0.845. The molecule has 3 rings (SSSR count). The largest absolute Gasteiger partial charge is 0.350 e. The Kier molecular flexibility index (Phi) is 4.13. The molecule has 1 aliphatic heterocycles. The number of aromatic nitrogens is 3. The van der Waals surface area contributed by atoms with E-state index in [1.54, 1.807) is 10.9 Å². The Morgan fingerprint density at radius 1 is 1.36 bits per heavy atom. The van der Waals surface area contributed by atoms with E-state index < -0.39 is 0 Å². The van der Waals surface area contributed by atoms with Crippen LogP contribution in [0.1, 0.15) is 49.6 Å². The van der Waals surface area contributed by atoms with E-state index in [-0.39, 0.29) is 17.9 Å². The average molecular weight is 305 g/mol. The molecule has 2 fully saturated rings. The summed E-state index contributed by atoms with van der Waals surface area (Å²) in [6.45, 7) is 6.11. The molecule has 0 unspecified atom stereocenters. The van der Waals surface area contributed by atoms with Gasteiger partial charge in [-0.25, -0.2) is 4.68 Å². The zero-order valence-electron chi connectivity index (χ0n) is 13.2. The van der Waals surface area contributed by atoms with Gasteiger partial charge in [-0.2, -0.15) is 0 Å². The van der Waals surface area contributed by atoms with Crippen LogP contribution in [-0.4, -0.2) is 51.3 Å². The highest BCUT2D eigenvalue weighted by molar-refractivity contribution is 5.91. The van der Waals surface area contributed by atoms with Gasteiger partial charge in [-0.3, -0.25) is 9.59 Å². The van der Waals surface area contributed by atoms with Gasteiger partial charge in [0.25, 0.3) is 5.91 Å². The number of carbonyl (C=O) groups excluding carboxylic acids is 2. The van der Waals surface area contributed by atoms with Crippen molar-refractivity contribution in [2.75, 3.05) is 19.6 Å². The lowest BCUT2D eigenvalue weighted by Crippen LogP contribution is -2.51. The second-order valence-electron chi connectivity index (χ2n) is 6.79. The van der Waals surface area contributed by atoms with Crippen molar-refractivity contribution < 1.29 is 9.59 Å². The molecule has 0 radical (unpaired) electrons. The number of amides is 2. The molecule has 7 heteroatoms. The van der Waals surface area contributed by atoms with Crippen LogP contribution < -0.4 is 5.32 Å². The molecule has 1 saturated carbocycles. The molecule has 2 aliphatic rings. The maximum absolute atomic E-state index is 11.9. The van der Waals surface area contributed by atoms with Gasteiger partial charge in [0.2, 0.25) is 5.91 Å². The predicted molar refractivity (Wildman–Crippen MR) is 80.2 cm³/mol. The van der Waals surface area contributed by atoms with E-state index in [0.29, 0.717) is 37.0 Å². The molecule has 1 aromatic rings. The van der Waals surface area contributed by atoms with E-state index >= 15 is 0 Å². The maximum Gasteiger partial charge on any atom is 0.273 e. The minimum atomic E-state index is -0.162. The number of rotatable bonds is 6. The highest BCUT2D eigenvalue weighted by Gasteiger charge is 2.33. The summed E-state index contributed by atoms with van der Waals surface area (Å²) in [5, 5.41) is 10.8. The van der Waals surface area contributed by atoms with Crippen molar-refractivity contribution in [2.24, 2.45) is 11.8 Å². The first-order chi connectivity index (χ1) is 10.5. The normalized spacial score (nSPS) is 18.4. The van der Waals surface area contributed by atoms with Gasteiger partial charge in [-0.05, 0) is 24.7 Å². The van der Waals surface area contributed by atoms with Crippen LogP contribution in [-0.2, 0) is 4.79 Å². The summed E-state index contributed by atoms with van der Waals surface area (Å²) in [6, 6.07) is 0.133. The summed E-state index contributed by atoms with van der Waals surface area (Å²) in [7, 11) is 0. The van der Waals surface area contributed by atoms with Crippen molar-refractivity contribution in [3.05, 3.63) is 11.9 Å². The van der Waals surface area contributed by atoms with Crippen LogP contribution in [0.3, 0.4) is 0 Å². The Labute approximate surface area is 130 Å². The molecule has 1 N–H and O–H groups in total. The highest BCUT2D eigenvalue weighted by Crippen LogP contribution is 2.27. The van der Waals surface area contributed by atoms with E-state index in [1.165, 1.54) is 12.8 Å². The lowest BCUT2D eigenvalue weighted by atomic mass is 10.1. The predicted octanol–water partition coefficient (Wildman–Crippen LogP) is 0.847. The van der Waals surface area contributed by atoms with Gasteiger partial charge in [0.15, 0.2) is 5.69 Å².